The Morgan fingerprint density at radius 2 is 1.96 bits per heavy atom. The molecule has 1 unspecified atom stereocenters. The number of amides is 1. The molecule has 5 nitrogen and oxygen atoms in total. The summed E-state index contributed by atoms with van der Waals surface area (Å²) in [7, 11) is 1.61. The molecule has 1 aliphatic carbocycles. The van der Waals surface area contributed by atoms with Crippen LogP contribution in [0.2, 0.25) is 0 Å². The molecule has 0 heterocycles. The largest absolute Gasteiger partial charge is 0.493 e. The van der Waals surface area contributed by atoms with Crippen LogP contribution in [0.25, 0.3) is 0 Å². The fourth-order valence-corrected chi connectivity index (χ4v) is 2.11. The quantitative estimate of drug-likeness (QED) is 0.799. The molecule has 1 saturated carbocycles. The molecule has 0 bridgehead atoms. The van der Waals surface area contributed by atoms with Crippen molar-refractivity contribution in [3.63, 3.8) is 0 Å². The molecule has 1 aromatic carbocycles. The number of nitrogens with two attached hydrogens (primary N) is 1. The number of methoxy groups -OCH3 is 1. The van der Waals surface area contributed by atoms with E-state index in [1.807, 2.05) is 25.1 Å². The number of rotatable bonds is 7. The Balaban J connectivity index is 0.00000264. The molecule has 0 spiro atoms. The van der Waals surface area contributed by atoms with Gasteiger partial charge in [0.2, 0.25) is 5.91 Å². The van der Waals surface area contributed by atoms with Crippen LogP contribution in [0.5, 0.6) is 11.5 Å². The lowest BCUT2D eigenvalue weighted by atomic mass is 10.1. The Bertz CT molecular complexity index is 545. The fourth-order valence-electron chi connectivity index (χ4n) is 2.11. The number of hydrogen-bond donors (Lipinski definition) is 2. The van der Waals surface area contributed by atoms with E-state index in [9.17, 15) is 4.79 Å². The van der Waals surface area contributed by atoms with E-state index in [1.165, 1.54) is 0 Å². The van der Waals surface area contributed by atoms with Gasteiger partial charge in [-0.25, -0.2) is 0 Å². The van der Waals surface area contributed by atoms with Gasteiger partial charge in [-0.1, -0.05) is 19.9 Å². The third-order valence-electron chi connectivity index (χ3n) is 3.85. The number of hydrogen-bond acceptors (Lipinski definition) is 4. The minimum Gasteiger partial charge on any atom is -0.493 e. The SMILES string of the molecule is COc1cc(C(C)NC(=O)C2(N)CC2)ccc1OCC(C)C.Cl. The number of nitrogens with one attached hydrogen (secondary N) is 1. The average molecular weight is 343 g/mol. The molecule has 1 aromatic rings. The topological polar surface area (TPSA) is 73.6 Å². The van der Waals surface area contributed by atoms with Crippen LogP contribution in [0.1, 0.15) is 45.2 Å². The predicted molar refractivity (Wildman–Crippen MR) is 93.3 cm³/mol. The number of ether oxygens (including phenoxy) is 2. The van der Waals surface area contributed by atoms with E-state index in [1.54, 1.807) is 7.11 Å². The van der Waals surface area contributed by atoms with Crippen LogP contribution in [0, 0.1) is 5.92 Å². The summed E-state index contributed by atoms with van der Waals surface area (Å²) >= 11 is 0. The van der Waals surface area contributed by atoms with E-state index < -0.39 is 5.54 Å². The highest BCUT2D eigenvalue weighted by molar-refractivity contribution is 5.89. The number of carbonyl (C=O) groups is 1. The summed E-state index contributed by atoms with van der Waals surface area (Å²) in [4.78, 5) is 12.0. The van der Waals surface area contributed by atoms with Gasteiger partial charge in [-0.2, -0.15) is 0 Å². The molecule has 130 valence electrons. The first-order valence-corrected chi connectivity index (χ1v) is 7.76. The summed E-state index contributed by atoms with van der Waals surface area (Å²) in [6, 6.07) is 5.60. The summed E-state index contributed by atoms with van der Waals surface area (Å²) in [5.41, 5.74) is 6.22. The average Bonchev–Trinajstić information content (AvgIpc) is 3.24. The summed E-state index contributed by atoms with van der Waals surface area (Å²) in [6.45, 7) is 6.77. The first kappa shape index (κ1) is 19.6. The van der Waals surface area contributed by atoms with Crippen LogP contribution in [0.4, 0.5) is 0 Å². The fraction of sp³-hybridized carbons (Fsp3) is 0.588. The summed E-state index contributed by atoms with van der Waals surface area (Å²) < 4.78 is 11.1. The Labute approximate surface area is 144 Å². The molecule has 0 aliphatic heterocycles. The van der Waals surface area contributed by atoms with Gasteiger partial charge in [0.25, 0.3) is 0 Å². The number of carbonyl (C=O) groups excluding carboxylic acids is 1. The molecule has 1 aliphatic rings. The molecule has 0 radical (unpaired) electrons. The minimum atomic E-state index is -0.654. The summed E-state index contributed by atoms with van der Waals surface area (Å²) in [5, 5.41) is 2.96. The van der Waals surface area contributed by atoms with Gasteiger partial charge in [0.1, 0.15) is 0 Å². The van der Waals surface area contributed by atoms with Gasteiger partial charge >= 0.3 is 0 Å². The lowest BCUT2D eigenvalue weighted by molar-refractivity contribution is -0.123. The van der Waals surface area contributed by atoms with Crippen molar-refractivity contribution < 1.29 is 14.3 Å². The number of halogens is 1. The smallest absolute Gasteiger partial charge is 0.240 e. The molecule has 0 saturated heterocycles. The minimum absolute atomic E-state index is 0. The van der Waals surface area contributed by atoms with Gasteiger partial charge < -0.3 is 20.5 Å². The zero-order valence-electron chi connectivity index (χ0n) is 14.2. The van der Waals surface area contributed by atoms with Gasteiger partial charge in [0.05, 0.1) is 25.3 Å². The van der Waals surface area contributed by atoms with Crippen molar-refractivity contribution in [3.05, 3.63) is 23.8 Å². The van der Waals surface area contributed by atoms with Crippen LogP contribution in [0.15, 0.2) is 18.2 Å². The molecule has 6 heteroatoms. The standard InChI is InChI=1S/C17H26N2O3.ClH/c1-11(2)10-22-14-6-5-13(9-15(14)21-4)12(3)19-16(20)17(18)7-8-17;/h5-6,9,11-12H,7-8,10,18H2,1-4H3,(H,19,20);1H. The molecule has 0 aromatic heterocycles. The van der Waals surface area contributed by atoms with E-state index in [0.29, 0.717) is 18.3 Å². The Hall–Kier alpha value is -1.46. The van der Waals surface area contributed by atoms with Crippen molar-refractivity contribution >= 4 is 18.3 Å². The van der Waals surface area contributed by atoms with E-state index in [4.69, 9.17) is 15.2 Å². The zero-order valence-corrected chi connectivity index (χ0v) is 15.0. The highest BCUT2D eigenvalue weighted by Gasteiger charge is 2.46. The first-order chi connectivity index (χ1) is 10.4. The van der Waals surface area contributed by atoms with Gasteiger partial charge in [-0.3, -0.25) is 4.79 Å². The number of benzene rings is 1. The van der Waals surface area contributed by atoms with Crippen LogP contribution in [-0.4, -0.2) is 25.2 Å². The molecule has 2 rings (SSSR count). The van der Waals surface area contributed by atoms with E-state index in [-0.39, 0.29) is 24.4 Å². The van der Waals surface area contributed by atoms with Crippen LogP contribution in [0.3, 0.4) is 0 Å². The highest BCUT2D eigenvalue weighted by atomic mass is 35.5. The molecular weight excluding hydrogens is 316 g/mol. The molecule has 1 fully saturated rings. The summed E-state index contributed by atoms with van der Waals surface area (Å²) in [6.07, 6.45) is 1.52. The third kappa shape index (κ3) is 5.01. The molecule has 1 atom stereocenters. The Morgan fingerprint density at radius 3 is 2.48 bits per heavy atom. The first-order valence-electron chi connectivity index (χ1n) is 7.76. The maximum atomic E-state index is 12.0. The molecule has 3 N–H and O–H groups in total. The molecule has 1 amide bonds. The highest BCUT2D eigenvalue weighted by Crippen LogP contribution is 2.34. The predicted octanol–water partition coefficient (Wildman–Crippen LogP) is 2.82. The van der Waals surface area contributed by atoms with Gasteiger partial charge in [0, 0.05) is 0 Å². The second-order valence-electron chi connectivity index (χ2n) is 6.47. The Morgan fingerprint density at radius 1 is 1.30 bits per heavy atom. The van der Waals surface area contributed by atoms with E-state index >= 15 is 0 Å². The summed E-state index contributed by atoms with van der Waals surface area (Å²) in [5.74, 6) is 1.75. The monoisotopic (exact) mass is 342 g/mol. The van der Waals surface area contributed by atoms with Crippen LogP contribution in [-0.2, 0) is 4.79 Å². The van der Waals surface area contributed by atoms with Crippen molar-refractivity contribution in [1.82, 2.24) is 5.32 Å². The van der Waals surface area contributed by atoms with Gasteiger partial charge in [-0.05, 0) is 43.4 Å². The van der Waals surface area contributed by atoms with E-state index in [2.05, 4.69) is 19.2 Å². The van der Waals surface area contributed by atoms with Crippen molar-refractivity contribution in [3.8, 4) is 11.5 Å². The van der Waals surface area contributed by atoms with Gasteiger partial charge in [-0.15, -0.1) is 12.4 Å². The maximum Gasteiger partial charge on any atom is 0.240 e. The van der Waals surface area contributed by atoms with Crippen LogP contribution < -0.4 is 20.5 Å². The van der Waals surface area contributed by atoms with Crippen LogP contribution >= 0.6 is 12.4 Å². The molecule has 23 heavy (non-hydrogen) atoms. The van der Waals surface area contributed by atoms with Crippen molar-refractivity contribution in [2.45, 2.75) is 45.2 Å². The molecular formula is C17H27ClN2O3. The van der Waals surface area contributed by atoms with Crippen molar-refractivity contribution in [1.29, 1.82) is 0 Å². The second kappa shape index (κ2) is 7.88. The lowest BCUT2D eigenvalue weighted by Gasteiger charge is -2.19. The van der Waals surface area contributed by atoms with Gasteiger partial charge in [0.15, 0.2) is 11.5 Å². The lowest BCUT2D eigenvalue weighted by Crippen LogP contribution is -2.43. The maximum absolute atomic E-state index is 12.0. The van der Waals surface area contributed by atoms with Crippen molar-refractivity contribution in [2.24, 2.45) is 11.7 Å². The third-order valence-corrected chi connectivity index (χ3v) is 3.85. The van der Waals surface area contributed by atoms with Crippen molar-refractivity contribution in [2.75, 3.05) is 13.7 Å². The van der Waals surface area contributed by atoms with E-state index in [0.717, 1.165) is 24.2 Å². The Kier molecular flexibility index (Phi) is 6.71. The zero-order chi connectivity index (χ0) is 16.3. The normalized spacial score (nSPS) is 16.3. The second-order valence-corrected chi connectivity index (χ2v) is 6.47.